The predicted octanol–water partition coefficient (Wildman–Crippen LogP) is 0.711. The molecule has 0 spiro atoms. The van der Waals surface area contributed by atoms with Crippen molar-refractivity contribution in [3.05, 3.63) is 12.2 Å². The van der Waals surface area contributed by atoms with Crippen molar-refractivity contribution in [3.63, 3.8) is 0 Å². The van der Waals surface area contributed by atoms with Gasteiger partial charge >= 0.3 is 0 Å². The zero-order valence-corrected chi connectivity index (χ0v) is 9.59. The number of hydrogen-bond donors (Lipinski definition) is 1. The van der Waals surface area contributed by atoms with Gasteiger partial charge in [-0.15, -0.1) is 0 Å². The standard InChI is InChI=1S/C10H18N2OS/c1-12(5-6-14-2)10(13)8-3-4-9(11)7-8/h3-4,8-9H,5-7,11H2,1-2H3. The molecule has 0 saturated carbocycles. The van der Waals surface area contributed by atoms with Crippen molar-refractivity contribution in [2.45, 2.75) is 12.5 Å². The lowest BCUT2D eigenvalue weighted by Crippen LogP contribution is -2.34. The van der Waals surface area contributed by atoms with Gasteiger partial charge in [0.2, 0.25) is 5.91 Å². The average molecular weight is 214 g/mol. The molecule has 2 unspecified atom stereocenters. The molecule has 0 aromatic carbocycles. The second-order valence-corrected chi connectivity index (χ2v) is 4.63. The molecule has 2 N–H and O–H groups in total. The number of nitrogens with zero attached hydrogens (tertiary/aromatic N) is 1. The topological polar surface area (TPSA) is 46.3 Å². The van der Waals surface area contributed by atoms with Crippen LogP contribution in [0.25, 0.3) is 0 Å². The number of amides is 1. The fourth-order valence-electron chi connectivity index (χ4n) is 1.53. The third-order valence-corrected chi connectivity index (χ3v) is 3.03. The number of hydrogen-bond acceptors (Lipinski definition) is 3. The Balaban J connectivity index is 2.37. The van der Waals surface area contributed by atoms with Crippen molar-refractivity contribution in [1.29, 1.82) is 0 Å². The van der Waals surface area contributed by atoms with Gasteiger partial charge in [0.15, 0.2) is 0 Å². The zero-order valence-electron chi connectivity index (χ0n) is 8.77. The van der Waals surface area contributed by atoms with Crippen LogP contribution in [0.3, 0.4) is 0 Å². The number of carbonyl (C=O) groups is 1. The molecular weight excluding hydrogens is 196 g/mol. The van der Waals surface area contributed by atoms with Crippen molar-refractivity contribution in [1.82, 2.24) is 4.90 Å². The Bertz CT molecular complexity index is 230. The van der Waals surface area contributed by atoms with E-state index in [1.54, 1.807) is 16.7 Å². The summed E-state index contributed by atoms with van der Waals surface area (Å²) in [5, 5.41) is 0. The van der Waals surface area contributed by atoms with Gasteiger partial charge in [0.25, 0.3) is 0 Å². The number of thioether (sulfide) groups is 1. The summed E-state index contributed by atoms with van der Waals surface area (Å²) in [5.41, 5.74) is 5.70. The highest BCUT2D eigenvalue weighted by Crippen LogP contribution is 2.18. The van der Waals surface area contributed by atoms with E-state index in [1.165, 1.54) is 0 Å². The van der Waals surface area contributed by atoms with Crippen LogP contribution in [0.5, 0.6) is 0 Å². The van der Waals surface area contributed by atoms with Crippen LogP contribution in [-0.2, 0) is 4.79 Å². The first-order valence-electron chi connectivity index (χ1n) is 4.83. The molecule has 1 aliphatic carbocycles. The minimum absolute atomic E-state index is 0.0110. The first-order valence-corrected chi connectivity index (χ1v) is 6.22. The van der Waals surface area contributed by atoms with Crippen molar-refractivity contribution in [2.24, 2.45) is 11.7 Å². The summed E-state index contributed by atoms with van der Waals surface area (Å²) in [4.78, 5) is 13.6. The smallest absolute Gasteiger partial charge is 0.229 e. The van der Waals surface area contributed by atoms with Gasteiger partial charge in [-0.25, -0.2) is 0 Å². The molecule has 1 amide bonds. The van der Waals surface area contributed by atoms with Gasteiger partial charge in [-0.3, -0.25) is 4.79 Å². The third-order valence-electron chi connectivity index (χ3n) is 2.44. The average Bonchev–Trinajstić information content (AvgIpc) is 2.60. The monoisotopic (exact) mass is 214 g/mol. The molecule has 0 bridgehead atoms. The Morgan fingerprint density at radius 1 is 1.64 bits per heavy atom. The summed E-state index contributed by atoms with van der Waals surface area (Å²) in [6.45, 7) is 0.819. The van der Waals surface area contributed by atoms with Crippen molar-refractivity contribution < 1.29 is 4.79 Å². The van der Waals surface area contributed by atoms with Crippen LogP contribution in [0.2, 0.25) is 0 Å². The summed E-state index contributed by atoms with van der Waals surface area (Å²) < 4.78 is 0. The van der Waals surface area contributed by atoms with Crippen molar-refractivity contribution in [2.75, 3.05) is 25.6 Å². The molecule has 0 aromatic heterocycles. The van der Waals surface area contributed by atoms with E-state index in [2.05, 4.69) is 0 Å². The lowest BCUT2D eigenvalue weighted by Gasteiger charge is -2.20. The highest BCUT2D eigenvalue weighted by molar-refractivity contribution is 7.98. The van der Waals surface area contributed by atoms with Crippen LogP contribution < -0.4 is 5.73 Å². The Kier molecular flexibility index (Phi) is 4.48. The maximum Gasteiger partial charge on any atom is 0.229 e. The van der Waals surface area contributed by atoms with Gasteiger partial charge in [-0.1, -0.05) is 12.2 Å². The molecule has 1 rings (SSSR count). The molecule has 0 heterocycles. The van der Waals surface area contributed by atoms with Gasteiger partial charge in [-0.2, -0.15) is 11.8 Å². The first kappa shape index (κ1) is 11.6. The minimum atomic E-state index is 0.0110. The second kappa shape index (κ2) is 5.41. The van der Waals surface area contributed by atoms with Crippen LogP contribution in [0.1, 0.15) is 6.42 Å². The lowest BCUT2D eigenvalue weighted by molar-refractivity contribution is -0.132. The normalized spacial score (nSPS) is 25.4. The summed E-state index contributed by atoms with van der Waals surface area (Å²) in [6, 6.07) is 0.0675. The maximum absolute atomic E-state index is 11.8. The molecule has 0 radical (unpaired) electrons. The molecule has 14 heavy (non-hydrogen) atoms. The van der Waals surface area contributed by atoms with Crippen LogP contribution in [0, 0.1) is 5.92 Å². The van der Waals surface area contributed by atoms with Gasteiger partial charge < -0.3 is 10.6 Å². The summed E-state index contributed by atoms with van der Waals surface area (Å²) in [7, 11) is 1.86. The van der Waals surface area contributed by atoms with Crippen LogP contribution >= 0.6 is 11.8 Å². The Labute approximate surface area is 89.7 Å². The van der Waals surface area contributed by atoms with E-state index in [0.717, 1.165) is 18.7 Å². The molecular formula is C10H18N2OS. The molecule has 0 fully saturated rings. The fourth-order valence-corrected chi connectivity index (χ4v) is 1.99. The van der Waals surface area contributed by atoms with Crippen molar-refractivity contribution >= 4 is 17.7 Å². The van der Waals surface area contributed by atoms with Crippen molar-refractivity contribution in [3.8, 4) is 0 Å². The van der Waals surface area contributed by atoms with Crippen LogP contribution in [0.15, 0.2) is 12.2 Å². The summed E-state index contributed by atoms with van der Waals surface area (Å²) in [5.74, 6) is 1.20. The minimum Gasteiger partial charge on any atom is -0.344 e. The molecule has 0 aromatic rings. The molecule has 2 atom stereocenters. The summed E-state index contributed by atoms with van der Waals surface area (Å²) in [6.07, 6.45) is 6.67. The second-order valence-electron chi connectivity index (χ2n) is 3.64. The first-order chi connectivity index (χ1) is 6.65. The van der Waals surface area contributed by atoms with Gasteiger partial charge in [0.1, 0.15) is 0 Å². The van der Waals surface area contributed by atoms with E-state index >= 15 is 0 Å². The van der Waals surface area contributed by atoms with E-state index in [0.29, 0.717) is 0 Å². The quantitative estimate of drug-likeness (QED) is 0.701. The lowest BCUT2D eigenvalue weighted by atomic mass is 10.1. The van der Waals surface area contributed by atoms with E-state index in [-0.39, 0.29) is 17.9 Å². The molecule has 0 saturated heterocycles. The molecule has 4 heteroatoms. The zero-order chi connectivity index (χ0) is 10.6. The summed E-state index contributed by atoms with van der Waals surface area (Å²) >= 11 is 1.75. The molecule has 1 aliphatic rings. The number of carbonyl (C=O) groups excluding carboxylic acids is 1. The SMILES string of the molecule is CSCCN(C)C(=O)C1C=CC(N)C1. The van der Waals surface area contributed by atoms with E-state index in [9.17, 15) is 4.79 Å². The number of rotatable bonds is 4. The Morgan fingerprint density at radius 3 is 2.86 bits per heavy atom. The van der Waals surface area contributed by atoms with E-state index in [1.807, 2.05) is 25.5 Å². The van der Waals surface area contributed by atoms with E-state index < -0.39 is 0 Å². The Morgan fingerprint density at radius 2 is 2.36 bits per heavy atom. The van der Waals surface area contributed by atoms with Gasteiger partial charge in [0, 0.05) is 25.4 Å². The molecule has 3 nitrogen and oxygen atoms in total. The van der Waals surface area contributed by atoms with Crippen LogP contribution in [0.4, 0.5) is 0 Å². The largest absolute Gasteiger partial charge is 0.344 e. The number of nitrogens with two attached hydrogens (primary N) is 1. The van der Waals surface area contributed by atoms with E-state index in [4.69, 9.17) is 5.73 Å². The third kappa shape index (κ3) is 3.03. The highest BCUT2D eigenvalue weighted by Gasteiger charge is 2.24. The fraction of sp³-hybridized carbons (Fsp3) is 0.700. The maximum atomic E-state index is 11.8. The van der Waals surface area contributed by atoms with Crippen LogP contribution in [-0.4, -0.2) is 42.4 Å². The van der Waals surface area contributed by atoms with Gasteiger partial charge in [-0.05, 0) is 12.7 Å². The molecule has 80 valence electrons. The highest BCUT2D eigenvalue weighted by atomic mass is 32.2. The predicted molar refractivity (Wildman–Crippen MR) is 61.2 cm³/mol. The Hall–Kier alpha value is -0.480. The molecule has 0 aliphatic heterocycles. The van der Waals surface area contributed by atoms with Gasteiger partial charge in [0.05, 0.1) is 5.92 Å².